The maximum Gasteiger partial charge on any atom is 0.200 e. The van der Waals surface area contributed by atoms with E-state index in [-0.39, 0.29) is 26.2 Å². The monoisotopic (exact) mass is 345 g/mol. The Balaban J connectivity index is 0. The molecule has 0 amide bonds. The van der Waals surface area contributed by atoms with Gasteiger partial charge in [0.25, 0.3) is 0 Å². The van der Waals surface area contributed by atoms with Crippen LogP contribution < -0.4 is 0 Å². The minimum absolute atomic E-state index is 0. The Hall–Kier alpha value is 0.800. The number of hydrogen-bond donors (Lipinski definition) is 0. The SMILES string of the molecule is [CH-]=CCCCCO[Si](C(C)C)(C(C)C)C(C)C.[Zr]. The molecule has 0 aromatic carbocycles. The van der Waals surface area contributed by atoms with Gasteiger partial charge in [-0.3, -0.25) is 6.08 Å². The number of unbranched alkanes of at least 4 members (excludes halogenated alkanes) is 2. The van der Waals surface area contributed by atoms with Gasteiger partial charge in [-0.15, -0.1) is 0 Å². The predicted octanol–water partition coefficient (Wildman–Crippen LogP) is 5.34. The maximum absolute atomic E-state index is 6.44. The first-order valence-corrected chi connectivity index (χ1v) is 9.20. The topological polar surface area (TPSA) is 9.23 Å². The molecule has 0 radical (unpaired) electrons. The Labute approximate surface area is 135 Å². The van der Waals surface area contributed by atoms with Crippen LogP contribution in [-0.4, -0.2) is 14.9 Å². The van der Waals surface area contributed by atoms with Gasteiger partial charge in [0, 0.05) is 32.8 Å². The molecule has 0 aromatic heterocycles. The molecule has 0 aliphatic rings. The zero-order valence-corrected chi connectivity index (χ0v) is 16.6. The van der Waals surface area contributed by atoms with Crippen molar-refractivity contribution in [2.75, 3.05) is 6.61 Å². The molecule has 0 N–H and O–H groups in total. The van der Waals surface area contributed by atoms with Crippen LogP contribution in [0.1, 0.15) is 60.8 Å². The van der Waals surface area contributed by atoms with E-state index in [1.807, 2.05) is 0 Å². The third-order valence-corrected chi connectivity index (χ3v) is 9.94. The van der Waals surface area contributed by atoms with Gasteiger partial charge < -0.3 is 11.0 Å². The average molecular weight is 347 g/mol. The van der Waals surface area contributed by atoms with Crippen LogP contribution in [0.5, 0.6) is 0 Å². The summed E-state index contributed by atoms with van der Waals surface area (Å²) < 4.78 is 6.44. The van der Waals surface area contributed by atoms with E-state index in [0.29, 0.717) is 16.6 Å². The summed E-state index contributed by atoms with van der Waals surface area (Å²) in [6, 6.07) is 0. The first-order valence-electron chi connectivity index (χ1n) is 7.06. The second-order valence-electron chi connectivity index (χ2n) is 5.90. The second kappa shape index (κ2) is 10.6. The van der Waals surface area contributed by atoms with Crippen molar-refractivity contribution >= 4 is 8.32 Å². The Morgan fingerprint density at radius 2 is 1.39 bits per heavy atom. The zero-order chi connectivity index (χ0) is 13.5. The van der Waals surface area contributed by atoms with Crippen molar-refractivity contribution in [2.45, 2.75) is 77.4 Å². The molecule has 0 spiro atoms. The fourth-order valence-corrected chi connectivity index (χ4v) is 8.61. The Bertz CT molecular complexity index is 193. The molecule has 0 saturated carbocycles. The summed E-state index contributed by atoms with van der Waals surface area (Å²) in [4.78, 5) is 0. The van der Waals surface area contributed by atoms with Crippen molar-refractivity contribution < 1.29 is 30.6 Å². The summed E-state index contributed by atoms with van der Waals surface area (Å²) in [5.74, 6) is 0. The molecule has 0 atom stereocenters. The van der Waals surface area contributed by atoms with Gasteiger partial charge in [-0.2, -0.15) is 0 Å². The van der Waals surface area contributed by atoms with E-state index in [1.54, 1.807) is 6.08 Å². The first-order chi connectivity index (χ1) is 7.89. The van der Waals surface area contributed by atoms with Crippen molar-refractivity contribution in [3.05, 3.63) is 12.7 Å². The van der Waals surface area contributed by atoms with Gasteiger partial charge in [0.2, 0.25) is 0 Å². The Kier molecular flexibility index (Phi) is 12.4. The van der Waals surface area contributed by atoms with E-state index in [0.717, 1.165) is 25.9 Å². The molecule has 0 aliphatic heterocycles. The molecule has 0 aliphatic carbocycles. The molecule has 0 unspecified atom stereocenters. The van der Waals surface area contributed by atoms with E-state index in [2.05, 4.69) is 41.5 Å². The Morgan fingerprint density at radius 1 is 0.944 bits per heavy atom. The van der Waals surface area contributed by atoms with Gasteiger partial charge in [0.05, 0.1) is 0 Å². The van der Waals surface area contributed by atoms with Crippen LogP contribution in [0.15, 0.2) is 6.08 Å². The van der Waals surface area contributed by atoms with Gasteiger partial charge in [0.1, 0.15) is 0 Å². The van der Waals surface area contributed by atoms with Crippen LogP contribution in [0.3, 0.4) is 0 Å². The summed E-state index contributed by atoms with van der Waals surface area (Å²) in [5.41, 5.74) is 2.05. The van der Waals surface area contributed by atoms with Gasteiger partial charge in [0.15, 0.2) is 8.32 Å². The largest absolute Gasteiger partial charge is 0.518 e. The molecule has 0 heterocycles. The van der Waals surface area contributed by atoms with Gasteiger partial charge in [-0.1, -0.05) is 54.4 Å². The quantitative estimate of drug-likeness (QED) is 0.311. The number of allylic oxidation sites excluding steroid dienone is 1. The molecule has 0 rings (SSSR count). The van der Waals surface area contributed by atoms with Crippen LogP contribution in [0, 0.1) is 6.58 Å². The fraction of sp³-hybridized carbons (Fsp3) is 0.867. The van der Waals surface area contributed by atoms with E-state index in [9.17, 15) is 0 Å². The normalized spacial score (nSPS) is 12.1. The summed E-state index contributed by atoms with van der Waals surface area (Å²) in [7, 11) is -1.63. The van der Waals surface area contributed by atoms with Gasteiger partial charge in [-0.05, 0) is 23.0 Å². The van der Waals surface area contributed by atoms with Crippen molar-refractivity contribution in [1.29, 1.82) is 0 Å². The third kappa shape index (κ3) is 5.84. The van der Waals surface area contributed by atoms with Crippen molar-refractivity contribution in [1.82, 2.24) is 0 Å². The summed E-state index contributed by atoms with van der Waals surface area (Å²) >= 11 is 0. The van der Waals surface area contributed by atoms with E-state index in [1.165, 1.54) is 0 Å². The van der Waals surface area contributed by atoms with Crippen LogP contribution in [0.4, 0.5) is 0 Å². The smallest absolute Gasteiger partial charge is 0.200 e. The maximum atomic E-state index is 6.44. The standard InChI is InChI=1S/C15H31OSi.Zr/c1-8-9-10-11-12-16-17(13(2)3,14(4)5)15(6)7;/h1,8,13-15H,9-12H2,2-7H3;/q-1;. The molecular weight excluding hydrogens is 315 g/mol. The van der Waals surface area contributed by atoms with Crippen LogP contribution in [-0.2, 0) is 30.6 Å². The van der Waals surface area contributed by atoms with Crippen molar-refractivity contribution in [3.63, 3.8) is 0 Å². The van der Waals surface area contributed by atoms with E-state index < -0.39 is 8.32 Å². The van der Waals surface area contributed by atoms with Crippen LogP contribution in [0.2, 0.25) is 16.6 Å². The van der Waals surface area contributed by atoms with E-state index >= 15 is 0 Å². The van der Waals surface area contributed by atoms with E-state index in [4.69, 9.17) is 11.0 Å². The molecule has 1 nitrogen and oxygen atoms in total. The average Bonchev–Trinajstić information content (AvgIpc) is 2.21. The van der Waals surface area contributed by atoms with Crippen LogP contribution in [0.25, 0.3) is 0 Å². The molecule has 0 fully saturated rings. The first kappa shape index (κ1) is 21.1. The Morgan fingerprint density at radius 3 is 1.72 bits per heavy atom. The summed E-state index contributed by atoms with van der Waals surface area (Å²) in [6.07, 6.45) is 5.03. The van der Waals surface area contributed by atoms with Gasteiger partial charge >= 0.3 is 0 Å². The molecular formula is C15H31OSiZr-. The molecule has 18 heavy (non-hydrogen) atoms. The van der Waals surface area contributed by atoms with Crippen molar-refractivity contribution in [2.24, 2.45) is 0 Å². The number of hydrogen-bond acceptors (Lipinski definition) is 1. The van der Waals surface area contributed by atoms with Crippen LogP contribution >= 0.6 is 0 Å². The van der Waals surface area contributed by atoms with Crippen molar-refractivity contribution in [3.8, 4) is 0 Å². The minimum Gasteiger partial charge on any atom is -0.518 e. The summed E-state index contributed by atoms with van der Waals surface area (Å²) in [6.45, 7) is 20.3. The molecule has 0 aromatic rings. The second-order valence-corrected chi connectivity index (χ2v) is 11.4. The molecule has 0 bridgehead atoms. The fourth-order valence-electron chi connectivity index (χ4n) is 3.11. The minimum atomic E-state index is -1.63. The number of rotatable bonds is 9. The van der Waals surface area contributed by atoms with Gasteiger partial charge in [-0.25, -0.2) is 0 Å². The molecule has 0 saturated heterocycles. The molecule has 106 valence electrons. The third-order valence-electron chi connectivity index (χ3n) is 3.82. The summed E-state index contributed by atoms with van der Waals surface area (Å²) in [5, 5.41) is 0. The predicted molar refractivity (Wildman–Crippen MR) is 79.7 cm³/mol. The molecule has 3 heteroatoms. The zero-order valence-electron chi connectivity index (χ0n) is 13.1.